The summed E-state index contributed by atoms with van der Waals surface area (Å²) in [6.07, 6.45) is 2.96. The van der Waals surface area contributed by atoms with Gasteiger partial charge in [0.05, 0.1) is 34.1 Å². The van der Waals surface area contributed by atoms with Crippen LogP contribution >= 0.6 is 27.3 Å². The quantitative estimate of drug-likeness (QED) is 0.297. The van der Waals surface area contributed by atoms with Crippen LogP contribution < -0.4 is 4.74 Å². The van der Waals surface area contributed by atoms with E-state index < -0.39 is 0 Å². The van der Waals surface area contributed by atoms with Crippen LogP contribution in [-0.2, 0) is 0 Å². The molecule has 1 amide bonds. The van der Waals surface area contributed by atoms with Gasteiger partial charge in [0.15, 0.2) is 0 Å². The minimum absolute atomic E-state index is 0.0696. The van der Waals surface area contributed by atoms with Crippen molar-refractivity contribution in [3.05, 3.63) is 75.6 Å². The van der Waals surface area contributed by atoms with E-state index in [0.29, 0.717) is 24.6 Å². The smallest absolute Gasteiger partial charge is 0.274 e. The van der Waals surface area contributed by atoms with E-state index >= 15 is 0 Å². The molecular formula is C26H23BrN4O2S. The summed E-state index contributed by atoms with van der Waals surface area (Å²) >= 11 is 5.21. The van der Waals surface area contributed by atoms with Gasteiger partial charge in [0.1, 0.15) is 17.3 Å². The standard InChI is InChI=1S/C26H23BrN4O2S/c1-14-10-21(24-28-19-9-8-18(33-2)12-20(19)29-24)31(13-14)26(32)22-23(16-4-3-5-17(27)11-16)34-25(30-22)15-6-7-15/h3-5,8-9,11-12,15,21H,1,6-7,10,13H2,2H3,(H,28,29). The Balaban J connectivity index is 1.39. The van der Waals surface area contributed by atoms with Gasteiger partial charge in [-0.25, -0.2) is 9.97 Å². The van der Waals surface area contributed by atoms with Gasteiger partial charge in [0, 0.05) is 23.0 Å². The molecule has 4 aromatic rings. The molecule has 2 fully saturated rings. The molecule has 0 spiro atoms. The summed E-state index contributed by atoms with van der Waals surface area (Å²) in [7, 11) is 1.65. The number of amides is 1. The summed E-state index contributed by atoms with van der Waals surface area (Å²) in [5.74, 6) is 1.93. The number of likely N-dealkylation sites (tertiary alicyclic amines) is 1. The Morgan fingerprint density at radius 3 is 2.85 bits per heavy atom. The van der Waals surface area contributed by atoms with Crippen LogP contribution in [0.1, 0.15) is 52.5 Å². The number of nitrogens with one attached hydrogen (secondary N) is 1. The number of imidazole rings is 1. The largest absolute Gasteiger partial charge is 0.497 e. The van der Waals surface area contributed by atoms with E-state index in [2.05, 4.69) is 27.5 Å². The van der Waals surface area contributed by atoms with Crippen LogP contribution in [0.3, 0.4) is 0 Å². The molecule has 1 aliphatic heterocycles. The number of rotatable bonds is 5. The maximum atomic E-state index is 14.0. The van der Waals surface area contributed by atoms with Crippen molar-refractivity contribution in [1.82, 2.24) is 19.9 Å². The van der Waals surface area contributed by atoms with Crippen LogP contribution in [-0.4, -0.2) is 39.4 Å². The fourth-order valence-electron chi connectivity index (χ4n) is 4.50. The fourth-order valence-corrected chi connectivity index (χ4v) is 6.12. The first-order valence-corrected chi connectivity index (χ1v) is 12.9. The third-order valence-corrected chi connectivity index (χ3v) is 8.16. The van der Waals surface area contributed by atoms with Gasteiger partial charge in [0.25, 0.3) is 5.91 Å². The fraction of sp³-hybridized carbons (Fsp3) is 0.269. The second-order valence-corrected chi connectivity index (χ2v) is 10.9. The molecule has 1 saturated carbocycles. The average Bonchev–Trinajstić information content (AvgIpc) is 3.27. The minimum atomic E-state index is -0.208. The van der Waals surface area contributed by atoms with E-state index in [0.717, 1.165) is 60.9 Å². The highest BCUT2D eigenvalue weighted by Crippen LogP contribution is 2.46. The van der Waals surface area contributed by atoms with Crippen molar-refractivity contribution < 1.29 is 9.53 Å². The summed E-state index contributed by atoms with van der Waals surface area (Å²) in [6.45, 7) is 4.69. The molecule has 172 valence electrons. The Morgan fingerprint density at radius 1 is 1.24 bits per heavy atom. The second kappa shape index (κ2) is 8.36. The Labute approximate surface area is 209 Å². The molecule has 1 N–H and O–H groups in total. The number of H-pyrrole nitrogens is 1. The summed E-state index contributed by atoms with van der Waals surface area (Å²) in [4.78, 5) is 29.9. The molecule has 2 aromatic heterocycles. The van der Waals surface area contributed by atoms with Gasteiger partial charge in [-0.3, -0.25) is 4.79 Å². The normalized spacial score (nSPS) is 18.1. The monoisotopic (exact) mass is 534 g/mol. The highest BCUT2D eigenvalue weighted by Gasteiger charge is 2.38. The Morgan fingerprint density at radius 2 is 2.09 bits per heavy atom. The lowest BCUT2D eigenvalue weighted by Crippen LogP contribution is -2.31. The Hall–Kier alpha value is -2.97. The molecule has 8 heteroatoms. The number of carbonyl (C=O) groups excluding carboxylic acids is 1. The first-order chi connectivity index (χ1) is 16.5. The molecule has 2 aromatic carbocycles. The second-order valence-electron chi connectivity index (χ2n) is 8.92. The molecule has 0 radical (unpaired) electrons. The zero-order valence-electron chi connectivity index (χ0n) is 18.7. The molecule has 2 aliphatic rings. The third-order valence-electron chi connectivity index (χ3n) is 6.40. The van der Waals surface area contributed by atoms with Crippen molar-refractivity contribution in [1.29, 1.82) is 0 Å². The van der Waals surface area contributed by atoms with E-state index in [1.807, 2.05) is 47.4 Å². The number of nitrogens with zero attached hydrogens (tertiary/aromatic N) is 3. The van der Waals surface area contributed by atoms with Crippen LogP contribution in [0.2, 0.25) is 0 Å². The predicted octanol–water partition coefficient (Wildman–Crippen LogP) is 6.48. The summed E-state index contributed by atoms with van der Waals surface area (Å²) < 4.78 is 6.33. The topological polar surface area (TPSA) is 71.1 Å². The van der Waals surface area contributed by atoms with Crippen LogP contribution in [0.15, 0.2) is 59.1 Å². The lowest BCUT2D eigenvalue weighted by molar-refractivity contribution is 0.0728. The van der Waals surface area contributed by atoms with E-state index in [1.54, 1.807) is 18.4 Å². The number of aromatic amines is 1. The average molecular weight is 535 g/mol. The molecule has 1 aliphatic carbocycles. The van der Waals surface area contributed by atoms with Crippen LogP contribution in [0.4, 0.5) is 0 Å². The zero-order valence-corrected chi connectivity index (χ0v) is 21.1. The Bertz CT molecular complexity index is 1440. The van der Waals surface area contributed by atoms with Crippen molar-refractivity contribution in [2.24, 2.45) is 0 Å². The highest BCUT2D eigenvalue weighted by atomic mass is 79.9. The zero-order chi connectivity index (χ0) is 23.4. The number of carbonyl (C=O) groups is 1. The van der Waals surface area contributed by atoms with Crippen LogP contribution in [0.25, 0.3) is 21.5 Å². The third kappa shape index (κ3) is 3.84. The lowest BCUT2D eigenvalue weighted by atomic mass is 10.1. The summed E-state index contributed by atoms with van der Waals surface area (Å²) in [5.41, 5.74) is 4.28. The molecule has 0 bridgehead atoms. The molecular weight excluding hydrogens is 512 g/mol. The molecule has 1 unspecified atom stereocenters. The van der Waals surface area contributed by atoms with Crippen molar-refractivity contribution in [3.8, 4) is 16.2 Å². The van der Waals surface area contributed by atoms with Gasteiger partial charge in [0.2, 0.25) is 0 Å². The number of thiazole rings is 1. The molecule has 1 saturated heterocycles. The SMILES string of the molecule is C=C1CC(c2nc3ccc(OC)cc3[nH]2)N(C(=O)c2nc(C3CC3)sc2-c2cccc(Br)c2)C1. The van der Waals surface area contributed by atoms with Crippen LogP contribution in [0.5, 0.6) is 5.75 Å². The van der Waals surface area contributed by atoms with Gasteiger partial charge in [-0.1, -0.05) is 40.2 Å². The van der Waals surface area contributed by atoms with Crippen molar-refractivity contribution >= 4 is 44.2 Å². The number of benzene rings is 2. The van der Waals surface area contributed by atoms with Gasteiger partial charge in [-0.15, -0.1) is 11.3 Å². The van der Waals surface area contributed by atoms with E-state index in [4.69, 9.17) is 14.7 Å². The Kier molecular flexibility index (Phi) is 5.30. The highest BCUT2D eigenvalue weighted by molar-refractivity contribution is 9.10. The first kappa shape index (κ1) is 21.6. The number of halogens is 1. The summed E-state index contributed by atoms with van der Waals surface area (Å²) in [6, 6.07) is 13.6. The van der Waals surface area contributed by atoms with Crippen LogP contribution in [0, 0.1) is 0 Å². The van der Waals surface area contributed by atoms with Gasteiger partial charge < -0.3 is 14.6 Å². The molecule has 3 heterocycles. The number of hydrogen-bond donors (Lipinski definition) is 1. The first-order valence-electron chi connectivity index (χ1n) is 11.3. The number of methoxy groups -OCH3 is 1. The predicted molar refractivity (Wildman–Crippen MR) is 137 cm³/mol. The number of aromatic nitrogens is 3. The maximum absolute atomic E-state index is 14.0. The van der Waals surface area contributed by atoms with Crippen molar-refractivity contribution in [3.63, 3.8) is 0 Å². The van der Waals surface area contributed by atoms with E-state index in [-0.39, 0.29) is 11.9 Å². The lowest BCUT2D eigenvalue weighted by Gasteiger charge is -2.22. The van der Waals surface area contributed by atoms with Gasteiger partial charge in [-0.2, -0.15) is 0 Å². The molecule has 1 atom stereocenters. The van der Waals surface area contributed by atoms with Gasteiger partial charge in [-0.05, 0) is 49.1 Å². The number of fused-ring (bicyclic) bond motifs is 1. The number of ether oxygens (including phenoxy) is 1. The molecule has 6 nitrogen and oxygen atoms in total. The van der Waals surface area contributed by atoms with E-state index in [9.17, 15) is 4.79 Å². The van der Waals surface area contributed by atoms with Crippen molar-refractivity contribution in [2.45, 2.75) is 31.2 Å². The van der Waals surface area contributed by atoms with Crippen molar-refractivity contribution in [2.75, 3.05) is 13.7 Å². The van der Waals surface area contributed by atoms with E-state index in [1.165, 1.54) is 0 Å². The minimum Gasteiger partial charge on any atom is -0.497 e. The number of hydrogen-bond acceptors (Lipinski definition) is 5. The van der Waals surface area contributed by atoms with Gasteiger partial charge >= 0.3 is 0 Å². The molecule has 6 rings (SSSR count). The summed E-state index contributed by atoms with van der Waals surface area (Å²) in [5, 5.41) is 1.06. The molecule has 34 heavy (non-hydrogen) atoms. The maximum Gasteiger partial charge on any atom is 0.274 e.